The highest BCUT2D eigenvalue weighted by Gasteiger charge is 2.08. The number of nitrogens with one attached hydrogen (secondary N) is 2. The van der Waals surface area contributed by atoms with Crippen LogP contribution in [0.4, 0.5) is 0 Å². The van der Waals surface area contributed by atoms with E-state index >= 15 is 0 Å². The molecule has 0 aromatic heterocycles. The molecule has 0 atom stereocenters. The Morgan fingerprint density at radius 1 is 0.931 bits per heavy atom. The first-order valence-electron chi connectivity index (χ1n) is 8.94. The van der Waals surface area contributed by atoms with Crippen LogP contribution in [-0.4, -0.2) is 52.1 Å². The van der Waals surface area contributed by atoms with Crippen LogP contribution >= 0.6 is 24.0 Å². The average molecular weight is 512 g/mol. The van der Waals surface area contributed by atoms with E-state index in [1.165, 1.54) is 0 Å². The van der Waals surface area contributed by atoms with Gasteiger partial charge in [-0.15, -0.1) is 24.0 Å². The van der Waals surface area contributed by atoms with Gasteiger partial charge in [0.05, 0.1) is 14.2 Å². The quantitative estimate of drug-likeness (QED) is 0.339. The zero-order chi connectivity index (χ0) is 20.5. The van der Waals surface area contributed by atoms with Gasteiger partial charge in [-0.25, -0.2) is 0 Å². The number of methoxy groups -OCH3 is 2. The molecular formula is C21H29IN4O3. The van der Waals surface area contributed by atoms with Gasteiger partial charge in [0.1, 0.15) is 0 Å². The number of halogens is 1. The highest BCUT2D eigenvalue weighted by molar-refractivity contribution is 14.0. The molecule has 0 fully saturated rings. The van der Waals surface area contributed by atoms with Gasteiger partial charge in [0.15, 0.2) is 17.5 Å². The summed E-state index contributed by atoms with van der Waals surface area (Å²) >= 11 is 0. The number of guanidine groups is 1. The minimum absolute atomic E-state index is 0. The van der Waals surface area contributed by atoms with Crippen LogP contribution in [0.15, 0.2) is 47.5 Å². The third-order valence-corrected chi connectivity index (χ3v) is 4.20. The van der Waals surface area contributed by atoms with E-state index in [1.807, 2.05) is 42.5 Å². The summed E-state index contributed by atoms with van der Waals surface area (Å²) < 4.78 is 10.6. The Labute approximate surface area is 189 Å². The summed E-state index contributed by atoms with van der Waals surface area (Å²) in [6.45, 7) is 1.19. The predicted molar refractivity (Wildman–Crippen MR) is 126 cm³/mol. The Kier molecular flexibility index (Phi) is 10.3. The highest BCUT2D eigenvalue weighted by atomic mass is 127. The van der Waals surface area contributed by atoms with Crippen molar-refractivity contribution in [1.29, 1.82) is 0 Å². The minimum Gasteiger partial charge on any atom is -0.493 e. The van der Waals surface area contributed by atoms with Crippen molar-refractivity contribution in [2.24, 2.45) is 4.99 Å². The first-order valence-corrected chi connectivity index (χ1v) is 8.94. The maximum Gasteiger partial charge on any atom is 0.253 e. The summed E-state index contributed by atoms with van der Waals surface area (Å²) in [7, 11) is 8.44. The number of carbonyl (C=O) groups is 1. The molecule has 0 unspecified atom stereocenters. The third-order valence-electron chi connectivity index (χ3n) is 4.20. The zero-order valence-electron chi connectivity index (χ0n) is 17.5. The van der Waals surface area contributed by atoms with E-state index in [0.29, 0.717) is 36.1 Å². The summed E-state index contributed by atoms with van der Waals surface area (Å²) in [6, 6.07) is 13.3. The van der Waals surface area contributed by atoms with Crippen molar-refractivity contribution in [2.45, 2.75) is 13.1 Å². The molecule has 2 rings (SSSR count). The number of carbonyl (C=O) groups excluding carboxylic acids is 1. The Bertz CT molecular complexity index is 823. The molecular weight excluding hydrogens is 483 g/mol. The Morgan fingerprint density at radius 3 is 2.00 bits per heavy atom. The molecule has 158 valence electrons. The van der Waals surface area contributed by atoms with Crippen LogP contribution in [0.25, 0.3) is 0 Å². The van der Waals surface area contributed by atoms with Gasteiger partial charge in [-0.05, 0) is 35.4 Å². The number of amides is 1. The summed E-state index contributed by atoms with van der Waals surface area (Å²) in [6.07, 6.45) is 0. The van der Waals surface area contributed by atoms with E-state index in [-0.39, 0.29) is 29.9 Å². The Morgan fingerprint density at radius 2 is 1.48 bits per heavy atom. The predicted octanol–water partition coefficient (Wildman–Crippen LogP) is 2.89. The minimum atomic E-state index is -0.00750. The van der Waals surface area contributed by atoms with Gasteiger partial charge < -0.3 is 25.0 Å². The van der Waals surface area contributed by atoms with Crippen LogP contribution in [0.1, 0.15) is 21.5 Å². The van der Waals surface area contributed by atoms with Gasteiger partial charge in [0.25, 0.3) is 5.91 Å². The van der Waals surface area contributed by atoms with Crippen LogP contribution in [-0.2, 0) is 13.1 Å². The highest BCUT2D eigenvalue weighted by Crippen LogP contribution is 2.27. The largest absolute Gasteiger partial charge is 0.493 e. The number of benzene rings is 2. The smallest absolute Gasteiger partial charge is 0.253 e. The van der Waals surface area contributed by atoms with Crippen LogP contribution in [0.3, 0.4) is 0 Å². The second-order valence-corrected chi connectivity index (χ2v) is 6.37. The molecule has 0 saturated carbocycles. The SMILES string of the molecule is CN=C(NCc1ccc(C(=O)N(C)C)cc1)NCc1ccc(OC)c(OC)c1.I. The van der Waals surface area contributed by atoms with E-state index in [1.54, 1.807) is 40.3 Å². The number of hydrogen-bond donors (Lipinski definition) is 2. The second kappa shape index (κ2) is 12.2. The lowest BCUT2D eigenvalue weighted by molar-refractivity contribution is 0.0827. The number of ether oxygens (including phenoxy) is 2. The molecule has 7 nitrogen and oxygen atoms in total. The fourth-order valence-electron chi connectivity index (χ4n) is 2.61. The normalized spacial score (nSPS) is 10.6. The van der Waals surface area contributed by atoms with E-state index in [9.17, 15) is 4.79 Å². The standard InChI is InChI=1S/C21H28N4O3.HI/c1-22-21(24-14-16-8-11-18(27-4)19(12-16)28-5)23-13-15-6-9-17(10-7-15)20(26)25(2)3;/h6-12H,13-14H2,1-5H3,(H2,22,23,24);1H. The summed E-state index contributed by atoms with van der Waals surface area (Å²) in [4.78, 5) is 17.7. The molecule has 2 N–H and O–H groups in total. The fraction of sp³-hybridized carbons (Fsp3) is 0.333. The average Bonchev–Trinajstić information content (AvgIpc) is 2.73. The molecule has 0 bridgehead atoms. The van der Waals surface area contributed by atoms with Crippen molar-refractivity contribution in [3.63, 3.8) is 0 Å². The van der Waals surface area contributed by atoms with E-state index in [2.05, 4.69) is 15.6 Å². The van der Waals surface area contributed by atoms with Crippen molar-refractivity contribution in [1.82, 2.24) is 15.5 Å². The van der Waals surface area contributed by atoms with Gasteiger partial charge >= 0.3 is 0 Å². The lowest BCUT2D eigenvalue weighted by atomic mass is 10.1. The van der Waals surface area contributed by atoms with Crippen molar-refractivity contribution in [3.8, 4) is 11.5 Å². The van der Waals surface area contributed by atoms with Crippen molar-refractivity contribution >= 4 is 35.8 Å². The topological polar surface area (TPSA) is 75.2 Å². The van der Waals surface area contributed by atoms with Crippen LogP contribution in [0, 0.1) is 0 Å². The number of aliphatic imine (C=N–C) groups is 1. The first kappa shape index (κ1) is 24.5. The third kappa shape index (κ3) is 7.12. The molecule has 0 aliphatic heterocycles. The summed E-state index contributed by atoms with van der Waals surface area (Å²) in [5, 5.41) is 6.54. The van der Waals surface area contributed by atoms with Gasteiger partial charge in [0, 0.05) is 39.8 Å². The van der Waals surface area contributed by atoms with Crippen LogP contribution in [0.5, 0.6) is 11.5 Å². The second-order valence-electron chi connectivity index (χ2n) is 6.37. The van der Waals surface area contributed by atoms with Gasteiger partial charge in [0.2, 0.25) is 0 Å². The molecule has 0 heterocycles. The Hall–Kier alpha value is -2.49. The van der Waals surface area contributed by atoms with Crippen LogP contribution < -0.4 is 20.1 Å². The van der Waals surface area contributed by atoms with Gasteiger partial charge in [-0.1, -0.05) is 18.2 Å². The summed E-state index contributed by atoms with van der Waals surface area (Å²) in [5.74, 6) is 2.07. The fourth-order valence-corrected chi connectivity index (χ4v) is 2.61. The number of hydrogen-bond acceptors (Lipinski definition) is 4. The van der Waals surface area contributed by atoms with Crippen molar-refractivity contribution in [3.05, 3.63) is 59.2 Å². The van der Waals surface area contributed by atoms with E-state index < -0.39 is 0 Å². The molecule has 0 spiro atoms. The molecule has 2 aromatic rings. The number of nitrogens with zero attached hydrogens (tertiary/aromatic N) is 2. The monoisotopic (exact) mass is 512 g/mol. The van der Waals surface area contributed by atoms with Gasteiger partial charge in [-0.3, -0.25) is 9.79 Å². The van der Waals surface area contributed by atoms with E-state index in [4.69, 9.17) is 9.47 Å². The van der Waals surface area contributed by atoms with Crippen molar-refractivity contribution < 1.29 is 14.3 Å². The summed E-state index contributed by atoms with van der Waals surface area (Å²) in [5.41, 5.74) is 2.78. The molecule has 0 aliphatic rings. The molecule has 1 amide bonds. The molecule has 0 saturated heterocycles. The Balaban J connectivity index is 0.00000420. The van der Waals surface area contributed by atoms with E-state index in [0.717, 1.165) is 11.1 Å². The number of rotatable bonds is 7. The zero-order valence-corrected chi connectivity index (χ0v) is 19.8. The molecule has 29 heavy (non-hydrogen) atoms. The van der Waals surface area contributed by atoms with Gasteiger partial charge in [-0.2, -0.15) is 0 Å². The first-order chi connectivity index (χ1) is 13.5. The van der Waals surface area contributed by atoms with Crippen molar-refractivity contribution in [2.75, 3.05) is 35.4 Å². The molecule has 0 aliphatic carbocycles. The van der Waals surface area contributed by atoms with Crippen LogP contribution in [0.2, 0.25) is 0 Å². The lowest BCUT2D eigenvalue weighted by Crippen LogP contribution is -2.36. The molecule has 8 heteroatoms. The maximum atomic E-state index is 11.9. The lowest BCUT2D eigenvalue weighted by Gasteiger charge is -2.14. The molecule has 2 aromatic carbocycles. The maximum absolute atomic E-state index is 11.9. The molecule has 0 radical (unpaired) electrons.